The molecular weight excluding hydrogens is 254 g/mol. The second kappa shape index (κ2) is 6.19. The molecule has 0 heterocycles. The minimum Gasteiger partial charge on any atom is -0.508 e. The number of nitrogens with one attached hydrogen (secondary N) is 1. The number of ether oxygens (including phenoxy) is 2. The van der Waals surface area contributed by atoms with Gasteiger partial charge in [-0.2, -0.15) is 0 Å². The fourth-order valence-corrected chi connectivity index (χ4v) is 2.03. The fraction of sp³-hybridized carbons (Fsp3) is 0.250. The summed E-state index contributed by atoms with van der Waals surface area (Å²) in [5.74, 6) is 1.71. The molecule has 2 rings (SSSR count). The van der Waals surface area contributed by atoms with Crippen molar-refractivity contribution in [2.45, 2.75) is 13.5 Å². The number of benzene rings is 2. The highest BCUT2D eigenvalue weighted by atomic mass is 16.5. The molecule has 106 valence electrons. The van der Waals surface area contributed by atoms with Crippen LogP contribution in [0.5, 0.6) is 17.2 Å². The summed E-state index contributed by atoms with van der Waals surface area (Å²) >= 11 is 0. The van der Waals surface area contributed by atoms with Crippen LogP contribution in [0.1, 0.15) is 11.1 Å². The number of hydrogen-bond donors (Lipinski definition) is 2. The van der Waals surface area contributed by atoms with Crippen LogP contribution in [0, 0.1) is 6.92 Å². The Morgan fingerprint density at radius 1 is 1.00 bits per heavy atom. The first-order valence-corrected chi connectivity index (χ1v) is 6.38. The molecular formula is C16H19NO3. The van der Waals surface area contributed by atoms with Gasteiger partial charge in [-0.05, 0) is 48.4 Å². The van der Waals surface area contributed by atoms with Crippen LogP contribution in [-0.4, -0.2) is 19.3 Å². The van der Waals surface area contributed by atoms with Gasteiger partial charge < -0.3 is 19.9 Å². The van der Waals surface area contributed by atoms with Crippen LogP contribution in [0.2, 0.25) is 0 Å². The van der Waals surface area contributed by atoms with Crippen molar-refractivity contribution in [3.8, 4) is 17.2 Å². The predicted octanol–water partition coefficient (Wildman–Crippen LogP) is 3.33. The summed E-state index contributed by atoms with van der Waals surface area (Å²) in [6.07, 6.45) is 0. The predicted molar refractivity (Wildman–Crippen MR) is 79.7 cm³/mol. The van der Waals surface area contributed by atoms with Crippen LogP contribution in [0.15, 0.2) is 36.4 Å². The second-order valence-corrected chi connectivity index (χ2v) is 4.54. The van der Waals surface area contributed by atoms with E-state index in [9.17, 15) is 5.11 Å². The molecule has 0 aliphatic rings. The fourth-order valence-electron chi connectivity index (χ4n) is 2.03. The minimum absolute atomic E-state index is 0.277. The first-order valence-electron chi connectivity index (χ1n) is 6.38. The third kappa shape index (κ3) is 3.15. The summed E-state index contributed by atoms with van der Waals surface area (Å²) in [5, 5.41) is 12.7. The molecule has 2 N–H and O–H groups in total. The Balaban J connectivity index is 2.10. The highest BCUT2D eigenvalue weighted by Gasteiger charge is 2.05. The summed E-state index contributed by atoms with van der Waals surface area (Å²) < 4.78 is 10.5. The summed E-state index contributed by atoms with van der Waals surface area (Å²) in [6.45, 7) is 2.63. The van der Waals surface area contributed by atoms with Gasteiger partial charge in [0.25, 0.3) is 0 Å². The molecule has 0 spiro atoms. The lowest BCUT2D eigenvalue weighted by Gasteiger charge is -2.12. The lowest BCUT2D eigenvalue weighted by molar-refractivity contribution is 0.354. The number of methoxy groups -OCH3 is 2. The molecule has 20 heavy (non-hydrogen) atoms. The van der Waals surface area contributed by atoms with Crippen molar-refractivity contribution in [2.24, 2.45) is 0 Å². The van der Waals surface area contributed by atoms with E-state index in [0.717, 1.165) is 22.6 Å². The molecule has 0 bridgehead atoms. The summed E-state index contributed by atoms with van der Waals surface area (Å²) in [7, 11) is 3.24. The molecule has 4 nitrogen and oxygen atoms in total. The van der Waals surface area contributed by atoms with Gasteiger partial charge >= 0.3 is 0 Å². The molecule has 0 saturated carbocycles. The average Bonchev–Trinajstić information content (AvgIpc) is 2.46. The van der Waals surface area contributed by atoms with Crippen molar-refractivity contribution in [2.75, 3.05) is 19.5 Å². The Morgan fingerprint density at radius 2 is 1.75 bits per heavy atom. The highest BCUT2D eigenvalue weighted by Crippen LogP contribution is 2.28. The van der Waals surface area contributed by atoms with Crippen molar-refractivity contribution in [1.82, 2.24) is 0 Å². The molecule has 0 atom stereocenters. The van der Waals surface area contributed by atoms with Crippen LogP contribution in [0.25, 0.3) is 0 Å². The molecule has 4 heteroatoms. The molecule has 0 radical (unpaired) electrons. The third-order valence-corrected chi connectivity index (χ3v) is 3.14. The van der Waals surface area contributed by atoms with E-state index in [4.69, 9.17) is 9.47 Å². The molecule has 0 fully saturated rings. The van der Waals surface area contributed by atoms with Gasteiger partial charge in [0.05, 0.1) is 14.2 Å². The number of aryl methyl sites for hydroxylation is 1. The number of hydrogen-bond acceptors (Lipinski definition) is 4. The quantitative estimate of drug-likeness (QED) is 0.820. The zero-order chi connectivity index (χ0) is 14.5. The van der Waals surface area contributed by atoms with Crippen molar-refractivity contribution in [3.63, 3.8) is 0 Å². The van der Waals surface area contributed by atoms with Gasteiger partial charge in [0.1, 0.15) is 5.75 Å². The molecule has 0 aromatic heterocycles. The van der Waals surface area contributed by atoms with Crippen molar-refractivity contribution in [3.05, 3.63) is 47.5 Å². The molecule has 0 unspecified atom stereocenters. The summed E-state index contributed by atoms with van der Waals surface area (Å²) in [6, 6.07) is 11.1. The lowest BCUT2D eigenvalue weighted by Crippen LogP contribution is -2.01. The van der Waals surface area contributed by atoms with Gasteiger partial charge in [0.2, 0.25) is 0 Å². The van der Waals surface area contributed by atoms with Crippen LogP contribution < -0.4 is 14.8 Å². The Kier molecular flexibility index (Phi) is 4.35. The number of rotatable bonds is 5. The van der Waals surface area contributed by atoms with E-state index in [-0.39, 0.29) is 5.75 Å². The standard InChI is InChI=1S/C16H19NO3/c1-11-8-13(18)5-6-14(11)17-10-12-4-7-15(19-2)16(9-12)20-3/h4-9,17-18H,10H2,1-3H3. The highest BCUT2D eigenvalue weighted by molar-refractivity contribution is 5.54. The SMILES string of the molecule is COc1ccc(CNc2ccc(O)cc2C)cc1OC. The van der Waals surface area contributed by atoms with Crippen LogP contribution in [0.3, 0.4) is 0 Å². The molecule has 2 aromatic rings. The molecule has 0 aliphatic carbocycles. The Bertz CT molecular complexity index is 596. The zero-order valence-electron chi connectivity index (χ0n) is 11.9. The van der Waals surface area contributed by atoms with Gasteiger partial charge in [-0.3, -0.25) is 0 Å². The van der Waals surface area contributed by atoms with E-state index in [1.807, 2.05) is 31.2 Å². The van der Waals surface area contributed by atoms with E-state index >= 15 is 0 Å². The molecule has 0 aliphatic heterocycles. The molecule has 0 amide bonds. The van der Waals surface area contributed by atoms with Gasteiger partial charge in [-0.15, -0.1) is 0 Å². The smallest absolute Gasteiger partial charge is 0.161 e. The van der Waals surface area contributed by atoms with E-state index < -0.39 is 0 Å². The lowest BCUT2D eigenvalue weighted by atomic mass is 10.1. The number of phenolic OH excluding ortho intramolecular Hbond substituents is 1. The van der Waals surface area contributed by atoms with Crippen molar-refractivity contribution in [1.29, 1.82) is 0 Å². The first-order chi connectivity index (χ1) is 9.63. The number of aromatic hydroxyl groups is 1. The molecule has 0 saturated heterocycles. The van der Waals surface area contributed by atoms with E-state index in [0.29, 0.717) is 12.3 Å². The van der Waals surface area contributed by atoms with Crippen LogP contribution in [-0.2, 0) is 6.54 Å². The number of phenols is 1. The monoisotopic (exact) mass is 273 g/mol. The van der Waals surface area contributed by atoms with E-state index in [2.05, 4.69) is 5.32 Å². The van der Waals surface area contributed by atoms with Gasteiger partial charge in [0.15, 0.2) is 11.5 Å². The maximum absolute atomic E-state index is 9.39. The topological polar surface area (TPSA) is 50.7 Å². The summed E-state index contributed by atoms with van der Waals surface area (Å²) in [4.78, 5) is 0. The third-order valence-electron chi connectivity index (χ3n) is 3.14. The van der Waals surface area contributed by atoms with Gasteiger partial charge in [-0.1, -0.05) is 6.07 Å². The minimum atomic E-state index is 0.277. The zero-order valence-corrected chi connectivity index (χ0v) is 11.9. The van der Waals surface area contributed by atoms with Crippen LogP contribution in [0.4, 0.5) is 5.69 Å². The maximum Gasteiger partial charge on any atom is 0.161 e. The van der Waals surface area contributed by atoms with Crippen molar-refractivity contribution < 1.29 is 14.6 Å². The Labute approximate surface area is 119 Å². The Hall–Kier alpha value is -2.36. The van der Waals surface area contributed by atoms with E-state index in [1.165, 1.54) is 0 Å². The molecule has 2 aromatic carbocycles. The largest absolute Gasteiger partial charge is 0.508 e. The van der Waals surface area contributed by atoms with Crippen LogP contribution >= 0.6 is 0 Å². The summed E-state index contributed by atoms with van der Waals surface area (Å²) in [5.41, 5.74) is 3.10. The van der Waals surface area contributed by atoms with Gasteiger partial charge in [-0.25, -0.2) is 0 Å². The number of anilines is 1. The second-order valence-electron chi connectivity index (χ2n) is 4.54. The van der Waals surface area contributed by atoms with E-state index in [1.54, 1.807) is 26.4 Å². The van der Waals surface area contributed by atoms with Crippen molar-refractivity contribution >= 4 is 5.69 Å². The Morgan fingerprint density at radius 3 is 2.40 bits per heavy atom. The van der Waals surface area contributed by atoms with Gasteiger partial charge in [0, 0.05) is 12.2 Å². The normalized spacial score (nSPS) is 10.2. The first kappa shape index (κ1) is 14.1. The average molecular weight is 273 g/mol. The maximum atomic E-state index is 9.39.